The van der Waals surface area contributed by atoms with Crippen LogP contribution in [0.15, 0.2) is 91.0 Å². The quantitative estimate of drug-likeness (QED) is 0.152. The smallest absolute Gasteiger partial charge is 0.463 e. The Morgan fingerprint density at radius 1 is 0.566 bits per heavy atom. The average Bonchev–Trinajstić information content (AvgIpc) is 3.57. The van der Waals surface area contributed by atoms with Crippen LogP contribution in [0.3, 0.4) is 0 Å². The van der Waals surface area contributed by atoms with Gasteiger partial charge in [0, 0.05) is 21.0 Å². The number of benzene rings is 3. The summed E-state index contributed by atoms with van der Waals surface area (Å²) in [7, 11) is 1.51. The van der Waals surface area contributed by atoms with E-state index < -0.39 is 79.5 Å². The van der Waals surface area contributed by atoms with E-state index in [0.29, 0.717) is 0 Å². The summed E-state index contributed by atoms with van der Waals surface area (Å²) in [6.07, 6.45) is -10.6. The molecular weight excluding hydrogens is 692 g/mol. The van der Waals surface area contributed by atoms with Crippen molar-refractivity contribution in [1.82, 2.24) is 0 Å². The number of hydrogen-bond acceptors (Lipinski definition) is 14. The van der Waals surface area contributed by atoms with Crippen molar-refractivity contribution in [3.8, 4) is 0 Å². The maximum absolute atomic E-state index is 12.4. The third-order valence-electron chi connectivity index (χ3n) is 8.91. The van der Waals surface area contributed by atoms with E-state index in [1.807, 2.05) is 91.0 Å². The molecule has 14 nitrogen and oxygen atoms in total. The minimum atomic E-state index is -1.24. The molecule has 3 aliphatic heterocycles. The monoisotopic (exact) mass is 736 g/mol. The normalized spacial score (nSPS) is 29.4. The molecule has 0 bridgehead atoms. The summed E-state index contributed by atoms with van der Waals surface area (Å²) in [6.45, 7) is 2.67. The first-order valence-corrected chi connectivity index (χ1v) is 17.4. The first kappa shape index (κ1) is 38.3. The Balaban J connectivity index is 1.27. The van der Waals surface area contributed by atoms with E-state index in [9.17, 15) is 14.4 Å². The summed E-state index contributed by atoms with van der Waals surface area (Å²) < 4.78 is 66.0. The molecular formula is C39H44O14. The lowest BCUT2D eigenvalue weighted by molar-refractivity contribution is -0.336. The number of methoxy groups -OCH3 is 1. The standard InChI is InChI=1S/C39H44O14/c1-24(40)44-22-30-32(49-25(2)41)34-36(53-39(42)52-34)38(51-30)48-23-29-31(45-19-26-13-7-4-8-14-26)33(46-20-27-15-9-5-10-16-27)35(37(43-3)50-29)47-21-28-17-11-6-12-18-28/h4-18,29-38H,19-23H2,1-3H3/t29-,30-,31-,32+,33+,34+,35-,36-,37+,38+/m1/s1. The second-order valence-corrected chi connectivity index (χ2v) is 12.7. The Bertz CT molecular complexity index is 1610. The number of ether oxygens (including phenoxy) is 11. The van der Waals surface area contributed by atoms with E-state index in [4.69, 9.17) is 52.1 Å². The summed E-state index contributed by atoms with van der Waals surface area (Å²) >= 11 is 0. The molecule has 3 fully saturated rings. The van der Waals surface area contributed by atoms with Crippen LogP contribution in [0.5, 0.6) is 0 Å². The minimum absolute atomic E-state index is 0.167. The van der Waals surface area contributed by atoms with Crippen molar-refractivity contribution < 1.29 is 66.5 Å². The van der Waals surface area contributed by atoms with Crippen molar-refractivity contribution in [3.63, 3.8) is 0 Å². The summed E-state index contributed by atoms with van der Waals surface area (Å²) in [5.74, 6) is -1.24. The van der Waals surface area contributed by atoms with Crippen molar-refractivity contribution in [3.05, 3.63) is 108 Å². The van der Waals surface area contributed by atoms with Gasteiger partial charge in [0.15, 0.2) is 30.9 Å². The highest BCUT2D eigenvalue weighted by molar-refractivity contribution is 5.67. The largest absolute Gasteiger partial charge is 0.509 e. The van der Waals surface area contributed by atoms with E-state index in [0.717, 1.165) is 16.7 Å². The first-order chi connectivity index (χ1) is 25.8. The fourth-order valence-corrected chi connectivity index (χ4v) is 6.45. The zero-order valence-corrected chi connectivity index (χ0v) is 29.7. The number of rotatable bonds is 16. The van der Waals surface area contributed by atoms with Crippen LogP contribution < -0.4 is 0 Å². The van der Waals surface area contributed by atoms with Crippen LogP contribution in [0, 0.1) is 0 Å². The first-order valence-electron chi connectivity index (χ1n) is 17.4. The fraction of sp³-hybridized carbons (Fsp3) is 0.462. The highest BCUT2D eigenvalue weighted by Crippen LogP contribution is 2.36. The van der Waals surface area contributed by atoms with Crippen LogP contribution in [0.2, 0.25) is 0 Å². The lowest BCUT2D eigenvalue weighted by Gasteiger charge is -2.46. The number of carbonyl (C=O) groups excluding carboxylic acids is 3. The molecule has 6 rings (SSSR count). The number of esters is 2. The maximum atomic E-state index is 12.4. The zero-order chi connectivity index (χ0) is 37.2. The molecule has 0 aromatic heterocycles. The molecule has 3 saturated heterocycles. The minimum Gasteiger partial charge on any atom is -0.463 e. The van der Waals surface area contributed by atoms with Gasteiger partial charge in [-0.05, 0) is 16.7 Å². The van der Waals surface area contributed by atoms with E-state index in [1.54, 1.807) is 0 Å². The van der Waals surface area contributed by atoms with E-state index in [-0.39, 0.29) is 33.0 Å². The summed E-state index contributed by atoms with van der Waals surface area (Å²) in [5, 5.41) is 0. The topological polar surface area (TPSA) is 153 Å². The molecule has 0 amide bonds. The molecule has 53 heavy (non-hydrogen) atoms. The molecule has 3 aliphatic rings. The molecule has 3 aromatic carbocycles. The van der Waals surface area contributed by atoms with Crippen LogP contribution in [-0.2, 0) is 81.5 Å². The molecule has 0 saturated carbocycles. The van der Waals surface area contributed by atoms with E-state index >= 15 is 0 Å². The number of fused-ring (bicyclic) bond motifs is 1. The Morgan fingerprint density at radius 2 is 1.06 bits per heavy atom. The molecule has 3 heterocycles. The molecule has 284 valence electrons. The van der Waals surface area contributed by atoms with Crippen molar-refractivity contribution >= 4 is 18.1 Å². The summed E-state index contributed by atoms with van der Waals surface area (Å²) in [6, 6.07) is 29.1. The van der Waals surface area contributed by atoms with Gasteiger partial charge in [0.2, 0.25) is 0 Å². The Kier molecular flexibility index (Phi) is 13.4. The van der Waals surface area contributed by atoms with Crippen molar-refractivity contribution in [1.29, 1.82) is 0 Å². The van der Waals surface area contributed by atoms with Crippen LogP contribution >= 0.6 is 0 Å². The van der Waals surface area contributed by atoms with Crippen LogP contribution in [-0.4, -0.2) is 99.8 Å². The van der Waals surface area contributed by atoms with Crippen LogP contribution in [0.1, 0.15) is 30.5 Å². The lowest BCUT2D eigenvalue weighted by Crippen LogP contribution is -2.63. The number of carbonyl (C=O) groups is 3. The van der Waals surface area contributed by atoms with Crippen molar-refractivity contribution in [2.24, 2.45) is 0 Å². The van der Waals surface area contributed by atoms with Crippen molar-refractivity contribution in [2.75, 3.05) is 20.3 Å². The highest BCUT2D eigenvalue weighted by atomic mass is 16.8. The molecule has 14 heteroatoms. The molecule has 0 radical (unpaired) electrons. The van der Waals surface area contributed by atoms with Gasteiger partial charge in [-0.2, -0.15) is 0 Å². The molecule has 0 spiro atoms. The van der Waals surface area contributed by atoms with Gasteiger partial charge in [-0.15, -0.1) is 0 Å². The Morgan fingerprint density at radius 3 is 1.58 bits per heavy atom. The molecule has 3 aromatic rings. The second kappa shape index (κ2) is 18.6. The van der Waals surface area contributed by atoms with Gasteiger partial charge in [0.05, 0.1) is 26.4 Å². The summed E-state index contributed by atoms with van der Waals surface area (Å²) in [5.41, 5.74) is 2.81. The third-order valence-corrected chi connectivity index (χ3v) is 8.91. The van der Waals surface area contributed by atoms with Gasteiger partial charge < -0.3 is 52.1 Å². The molecule has 0 aliphatic carbocycles. The van der Waals surface area contributed by atoms with Gasteiger partial charge in [-0.25, -0.2) is 4.79 Å². The van der Waals surface area contributed by atoms with Crippen LogP contribution in [0.4, 0.5) is 4.79 Å². The van der Waals surface area contributed by atoms with Crippen LogP contribution in [0.25, 0.3) is 0 Å². The fourth-order valence-electron chi connectivity index (χ4n) is 6.45. The predicted octanol–water partition coefficient (Wildman–Crippen LogP) is 4.25. The Labute approximate surface area is 307 Å². The third kappa shape index (κ3) is 10.2. The van der Waals surface area contributed by atoms with Gasteiger partial charge in [0.1, 0.15) is 37.1 Å². The predicted molar refractivity (Wildman–Crippen MR) is 183 cm³/mol. The van der Waals surface area contributed by atoms with Gasteiger partial charge in [-0.3, -0.25) is 9.59 Å². The van der Waals surface area contributed by atoms with Gasteiger partial charge in [-0.1, -0.05) is 91.0 Å². The molecule has 0 unspecified atom stereocenters. The second-order valence-electron chi connectivity index (χ2n) is 12.7. The molecule has 10 atom stereocenters. The van der Waals surface area contributed by atoms with Gasteiger partial charge in [0.25, 0.3) is 0 Å². The number of hydrogen-bond donors (Lipinski definition) is 0. The van der Waals surface area contributed by atoms with E-state index in [1.165, 1.54) is 21.0 Å². The lowest BCUT2D eigenvalue weighted by atomic mass is 9.97. The average molecular weight is 737 g/mol. The Hall–Kier alpha value is -4.41. The van der Waals surface area contributed by atoms with Crippen molar-refractivity contribution in [2.45, 2.75) is 95.1 Å². The van der Waals surface area contributed by atoms with E-state index in [2.05, 4.69) is 0 Å². The molecule has 0 N–H and O–H groups in total. The zero-order valence-electron chi connectivity index (χ0n) is 29.7. The summed E-state index contributed by atoms with van der Waals surface area (Å²) in [4.78, 5) is 36.1. The SMILES string of the molecule is CO[C@H]1O[C@H](CO[C@H]2O[C@H](COC(C)=O)[C@H](OC(C)=O)[C@@H]3OC(=O)O[C@@H]23)[C@@H](OCc2ccccc2)[C@H](OCc2ccccc2)[C@H]1OCc1ccccc1. The highest BCUT2D eigenvalue weighted by Gasteiger charge is 2.57. The van der Waals surface area contributed by atoms with Gasteiger partial charge >= 0.3 is 18.1 Å². The maximum Gasteiger partial charge on any atom is 0.509 e.